The zero-order chi connectivity index (χ0) is 21.2. The van der Waals surface area contributed by atoms with Crippen molar-refractivity contribution >= 4 is 29.4 Å². The molecule has 0 fully saturated rings. The Balaban J connectivity index is 1.81. The van der Waals surface area contributed by atoms with Crippen molar-refractivity contribution in [2.45, 2.75) is 26.4 Å². The average Bonchev–Trinajstić information content (AvgIpc) is 2.90. The number of imide groups is 1. The lowest BCUT2D eigenvalue weighted by molar-refractivity contribution is -0.153. The van der Waals surface area contributed by atoms with Gasteiger partial charge < -0.3 is 4.74 Å². The molecule has 0 saturated heterocycles. The van der Waals surface area contributed by atoms with Crippen LogP contribution in [0.15, 0.2) is 48.8 Å². The maximum absolute atomic E-state index is 13.0. The summed E-state index contributed by atoms with van der Waals surface area (Å²) in [5.74, 6) is -2.29. The number of anilines is 1. The average molecular weight is 395 g/mol. The molecular formula is C21H21N3O5. The molecule has 3 rings (SSSR count). The van der Waals surface area contributed by atoms with Crippen molar-refractivity contribution in [3.8, 4) is 0 Å². The van der Waals surface area contributed by atoms with E-state index in [2.05, 4.69) is 4.98 Å². The van der Waals surface area contributed by atoms with Crippen molar-refractivity contribution < 1.29 is 23.9 Å². The second-order valence-electron chi connectivity index (χ2n) is 7.52. The Morgan fingerprint density at radius 1 is 1.03 bits per heavy atom. The Kier molecular flexibility index (Phi) is 5.45. The van der Waals surface area contributed by atoms with Gasteiger partial charge in [0, 0.05) is 6.20 Å². The van der Waals surface area contributed by atoms with Gasteiger partial charge in [0.15, 0.2) is 0 Å². The maximum Gasteiger partial charge on any atom is 0.326 e. The zero-order valence-electron chi connectivity index (χ0n) is 16.4. The minimum absolute atomic E-state index is 0.255. The van der Waals surface area contributed by atoms with Crippen LogP contribution >= 0.6 is 0 Å². The van der Waals surface area contributed by atoms with E-state index in [1.165, 1.54) is 12.4 Å². The van der Waals surface area contributed by atoms with Gasteiger partial charge in [-0.05, 0) is 45.0 Å². The van der Waals surface area contributed by atoms with Crippen LogP contribution in [0.2, 0.25) is 0 Å². The molecule has 29 heavy (non-hydrogen) atoms. The summed E-state index contributed by atoms with van der Waals surface area (Å²) in [6, 6.07) is 9.61. The van der Waals surface area contributed by atoms with Gasteiger partial charge in [-0.1, -0.05) is 12.1 Å². The summed E-state index contributed by atoms with van der Waals surface area (Å²) in [7, 11) is 0. The molecule has 0 unspecified atom stereocenters. The molecule has 1 aliphatic heterocycles. The number of benzene rings is 1. The number of carbonyl (C=O) groups excluding carboxylic acids is 4. The first-order valence-corrected chi connectivity index (χ1v) is 9.05. The van der Waals surface area contributed by atoms with E-state index >= 15 is 0 Å². The summed E-state index contributed by atoms with van der Waals surface area (Å²) in [4.78, 5) is 56.4. The van der Waals surface area contributed by atoms with Gasteiger partial charge >= 0.3 is 5.97 Å². The molecule has 0 spiro atoms. The van der Waals surface area contributed by atoms with Gasteiger partial charge in [0.25, 0.3) is 11.8 Å². The number of carbonyl (C=O) groups is 4. The first kappa shape index (κ1) is 20.2. The molecule has 0 bridgehead atoms. The molecule has 0 N–H and O–H groups in total. The third-order valence-corrected chi connectivity index (χ3v) is 4.14. The van der Waals surface area contributed by atoms with Crippen LogP contribution in [-0.2, 0) is 14.3 Å². The number of hydrogen-bond donors (Lipinski definition) is 0. The molecule has 0 radical (unpaired) electrons. The quantitative estimate of drug-likeness (QED) is 0.568. The van der Waals surface area contributed by atoms with Crippen LogP contribution in [0.25, 0.3) is 0 Å². The van der Waals surface area contributed by atoms with Gasteiger partial charge in [-0.2, -0.15) is 0 Å². The minimum atomic E-state index is -0.719. The van der Waals surface area contributed by atoms with Crippen LogP contribution in [0, 0.1) is 0 Å². The summed E-state index contributed by atoms with van der Waals surface area (Å²) < 4.78 is 5.30. The van der Waals surface area contributed by atoms with Crippen LogP contribution in [0.1, 0.15) is 41.5 Å². The summed E-state index contributed by atoms with van der Waals surface area (Å²) in [5.41, 5.74) is 0.152. The molecule has 2 heterocycles. The molecule has 8 heteroatoms. The molecule has 0 aliphatic carbocycles. The fraction of sp³-hybridized carbons (Fsp3) is 0.286. The van der Waals surface area contributed by atoms with Crippen molar-refractivity contribution in [2.75, 3.05) is 18.0 Å². The van der Waals surface area contributed by atoms with Crippen LogP contribution < -0.4 is 4.90 Å². The topological polar surface area (TPSA) is 96.9 Å². The van der Waals surface area contributed by atoms with Crippen molar-refractivity contribution in [1.29, 1.82) is 0 Å². The lowest BCUT2D eigenvalue weighted by atomic mass is 10.1. The predicted molar refractivity (Wildman–Crippen MR) is 104 cm³/mol. The van der Waals surface area contributed by atoms with Gasteiger partial charge in [0.1, 0.15) is 18.7 Å². The zero-order valence-corrected chi connectivity index (χ0v) is 16.4. The number of aromatic nitrogens is 1. The molecular weight excluding hydrogens is 374 g/mol. The molecule has 3 amide bonds. The lowest BCUT2D eigenvalue weighted by Gasteiger charge is -2.26. The highest BCUT2D eigenvalue weighted by molar-refractivity contribution is 6.22. The Hall–Kier alpha value is -3.55. The highest BCUT2D eigenvalue weighted by Crippen LogP contribution is 2.23. The monoisotopic (exact) mass is 395 g/mol. The van der Waals surface area contributed by atoms with E-state index in [-0.39, 0.29) is 17.7 Å². The van der Waals surface area contributed by atoms with E-state index in [1.807, 2.05) is 0 Å². The van der Waals surface area contributed by atoms with E-state index in [9.17, 15) is 19.2 Å². The summed E-state index contributed by atoms with van der Waals surface area (Å²) in [6.07, 6.45) is 2.95. The number of pyridine rings is 1. The van der Waals surface area contributed by atoms with Crippen LogP contribution in [-0.4, -0.2) is 52.3 Å². The number of esters is 1. The first-order valence-electron chi connectivity index (χ1n) is 9.05. The molecule has 150 valence electrons. The van der Waals surface area contributed by atoms with E-state index in [4.69, 9.17) is 4.74 Å². The third-order valence-electron chi connectivity index (χ3n) is 4.14. The van der Waals surface area contributed by atoms with Crippen LogP contribution in [0.5, 0.6) is 0 Å². The van der Waals surface area contributed by atoms with E-state index in [0.29, 0.717) is 5.69 Å². The summed E-state index contributed by atoms with van der Waals surface area (Å²) in [6.45, 7) is 4.30. The SMILES string of the molecule is CC(C)(C)OC(=O)CN(C(=O)CN1C(=O)c2ccccc2C1=O)c1cccnc1. The molecule has 0 saturated carbocycles. The smallest absolute Gasteiger partial charge is 0.326 e. The number of rotatable bonds is 5. The number of fused-ring (bicyclic) bond motifs is 1. The van der Waals surface area contributed by atoms with Gasteiger partial charge in [0.05, 0.1) is 23.0 Å². The largest absolute Gasteiger partial charge is 0.459 e. The normalized spacial score (nSPS) is 13.3. The van der Waals surface area contributed by atoms with Gasteiger partial charge in [-0.15, -0.1) is 0 Å². The molecule has 1 aliphatic rings. The second kappa shape index (κ2) is 7.83. The van der Waals surface area contributed by atoms with E-state index in [1.54, 1.807) is 57.2 Å². The highest BCUT2D eigenvalue weighted by Gasteiger charge is 2.37. The Morgan fingerprint density at radius 3 is 2.17 bits per heavy atom. The van der Waals surface area contributed by atoms with Crippen molar-refractivity contribution in [3.63, 3.8) is 0 Å². The Bertz CT molecular complexity index is 931. The number of hydrogen-bond acceptors (Lipinski definition) is 6. The van der Waals surface area contributed by atoms with Gasteiger partial charge in [-0.25, -0.2) is 0 Å². The fourth-order valence-corrected chi connectivity index (χ4v) is 2.94. The lowest BCUT2D eigenvalue weighted by Crippen LogP contribution is -2.45. The number of amides is 3. The Morgan fingerprint density at radius 2 is 1.66 bits per heavy atom. The fourth-order valence-electron chi connectivity index (χ4n) is 2.94. The minimum Gasteiger partial charge on any atom is -0.459 e. The highest BCUT2D eigenvalue weighted by atomic mass is 16.6. The van der Waals surface area contributed by atoms with E-state index in [0.717, 1.165) is 9.80 Å². The maximum atomic E-state index is 13.0. The van der Waals surface area contributed by atoms with Crippen LogP contribution in [0.4, 0.5) is 5.69 Å². The summed E-state index contributed by atoms with van der Waals surface area (Å²) in [5, 5.41) is 0. The number of nitrogens with zero attached hydrogens (tertiary/aromatic N) is 3. The molecule has 1 aromatic carbocycles. The van der Waals surface area contributed by atoms with Crippen molar-refractivity contribution in [3.05, 3.63) is 59.9 Å². The Labute approximate surface area is 168 Å². The van der Waals surface area contributed by atoms with E-state index < -0.39 is 35.8 Å². The third kappa shape index (κ3) is 4.48. The summed E-state index contributed by atoms with van der Waals surface area (Å²) >= 11 is 0. The van der Waals surface area contributed by atoms with Crippen molar-refractivity contribution in [1.82, 2.24) is 9.88 Å². The number of ether oxygens (including phenoxy) is 1. The second-order valence-corrected chi connectivity index (χ2v) is 7.52. The van der Waals surface area contributed by atoms with Gasteiger partial charge in [-0.3, -0.25) is 34.0 Å². The molecule has 0 atom stereocenters. The first-order chi connectivity index (χ1) is 13.7. The van der Waals surface area contributed by atoms with Gasteiger partial charge in [0.2, 0.25) is 5.91 Å². The predicted octanol–water partition coefficient (Wildman–Crippen LogP) is 2.05. The molecule has 8 nitrogen and oxygen atoms in total. The van der Waals surface area contributed by atoms with Crippen molar-refractivity contribution in [2.24, 2.45) is 0 Å². The standard InChI is InChI=1S/C21H21N3O5/c1-21(2,3)29-18(26)13-23(14-7-6-10-22-11-14)17(25)12-24-19(27)15-8-4-5-9-16(15)20(24)28/h4-11H,12-13H2,1-3H3. The molecule has 2 aromatic rings. The molecule has 1 aromatic heterocycles. The van der Waals surface area contributed by atoms with Crippen LogP contribution in [0.3, 0.4) is 0 Å².